The molecule has 0 radical (unpaired) electrons. The zero-order valence-corrected chi connectivity index (χ0v) is 14.3. The molecule has 1 aromatic carbocycles. The second-order valence-corrected chi connectivity index (χ2v) is 7.04. The second-order valence-electron chi connectivity index (χ2n) is 7.04. The Kier molecular flexibility index (Phi) is 4.10. The maximum atomic E-state index is 11.6. The minimum Gasteiger partial charge on any atom is -0.486 e. The summed E-state index contributed by atoms with van der Waals surface area (Å²) >= 11 is 0. The number of ether oxygens (including phenoxy) is 2. The van der Waals surface area contributed by atoms with E-state index in [0.717, 1.165) is 5.56 Å². The first-order valence-electron chi connectivity index (χ1n) is 8.78. The molecule has 9 nitrogen and oxygen atoms in total. The largest absolute Gasteiger partial charge is 0.486 e. The van der Waals surface area contributed by atoms with Crippen molar-refractivity contribution in [2.45, 2.75) is 24.9 Å². The number of carbonyl (C=O) groups is 1. The van der Waals surface area contributed by atoms with E-state index in [1.165, 1.54) is 4.90 Å². The van der Waals surface area contributed by atoms with Crippen LogP contribution in [-0.2, 0) is 11.2 Å². The molecule has 2 saturated heterocycles. The van der Waals surface area contributed by atoms with Crippen LogP contribution in [0.15, 0.2) is 12.1 Å². The maximum Gasteiger partial charge on any atom is 0.407 e. The van der Waals surface area contributed by atoms with Crippen molar-refractivity contribution < 1.29 is 24.3 Å². The van der Waals surface area contributed by atoms with Gasteiger partial charge in [-0.25, -0.2) is 4.79 Å². The van der Waals surface area contributed by atoms with Crippen molar-refractivity contribution in [3.8, 4) is 5.75 Å². The van der Waals surface area contributed by atoms with Crippen LogP contribution in [0.1, 0.15) is 18.4 Å². The molecule has 1 amide bonds. The molecule has 1 aromatic rings. The first-order chi connectivity index (χ1) is 12.5. The van der Waals surface area contributed by atoms with Crippen LogP contribution >= 0.6 is 0 Å². The van der Waals surface area contributed by atoms with Crippen molar-refractivity contribution in [2.75, 3.05) is 44.3 Å². The molecule has 0 atom stereocenters. The van der Waals surface area contributed by atoms with Crippen LogP contribution < -0.4 is 9.64 Å². The molecule has 0 saturated carbocycles. The molecule has 0 aromatic heterocycles. The topological polar surface area (TPSA) is 105 Å². The van der Waals surface area contributed by atoms with Crippen molar-refractivity contribution in [3.63, 3.8) is 0 Å². The molecule has 9 heteroatoms. The van der Waals surface area contributed by atoms with Gasteiger partial charge in [-0.1, -0.05) is 0 Å². The zero-order valence-electron chi connectivity index (χ0n) is 14.3. The molecule has 0 unspecified atom stereocenters. The SMILES string of the molecule is O=C(O)N1CCC2(CC1)Cc1cc([N+](=O)[O-])c(N3CCOCC3)cc1O2. The van der Waals surface area contributed by atoms with Crippen molar-refractivity contribution in [3.05, 3.63) is 27.8 Å². The van der Waals surface area contributed by atoms with Crippen LogP contribution in [-0.4, -0.2) is 66.0 Å². The van der Waals surface area contributed by atoms with Gasteiger partial charge in [0.05, 0.1) is 18.1 Å². The lowest BCUT2D eigenvalue weighted by molar-refractivity contribution is -0.384. The second kappa shape index (κ2) is 6.31. The third-order valence-corrected chi connectivity index (χ3v) is 5.49. The summed E-state index contributed by atoms with van der Waals surface area (Å²) in [6.45, 7) is 3.15. The minimum absolute atomic E-state index is 0.0919. The average Bonchev–Trinajstić information content (AvgIpc) is 2.98. The highest BCUT2D eigenvalue weighted by molar-refractivity contribution is 5.69. The third kappa shape index (κ3) is 2.92. The Morgan fingerprint density at radius 2 is 1.88 bits per heavy atom. The van der Waals surface area contributed by atoms with Gasteiger partial charge in [0.15, 0.2) is 0 Å². The number of rotatable bonds is 2. The van der Waals surface area contributed by atoms with Gasteiger partial charge in [0.25, 0.3) is 5.69 Å². The number of hydrogen-bond acceptors (Lipinski definition) is 6. The van der Waals surface area contributed by atoms with Crippen LogP contribution in [0.5, 0.6) is 5.75 Å². The normalized spacial score (nSPS) is 21.4. The van der Waals surface area contributed by atoms with E-state index in [-0.39, 0.29) is 10.6 Å². The third-order valence-electron chi connectivity index (χ3n) is 5.49. The molecule has 0 bridgehead atoms. The van der Waals surface area contributed by atoms with Gasteiger partial charge in [0.1, 0.15) is 17.0 Å². The number of carboxylic acid groups (broad SMARTS) is 1. The molecular weight excluding hydrogens is 342 g/mol. The lowest BCUT2D eigenvalue weighted by Crippen LogP contribution is -2.48. The highest BCUT2D eigenvalue weighted by Crippen LogP contribution is 2.45. The summed E-state index contributed by atoms with van der Waals surface area (Å²) in [5.41, 5.74) is 1.04. The van der Waals surface area contributed by atoms with Crippen molar-refractivity contribution in [1.29, 1.82) is 0 Å². The first-order valence-corrected chi connectivity index (χ1v) is 8.78. The van der Waals surface area contributed by atoms with E-state index in [1.54, 1.807) is 12.1 Å². The monoisotopic (exact) mass is 363 g/mol. The molecule has 1 N–H and O–H groups in total. The fourth-order valence-electron chi connectivity index (χ4n) is 4.04. The molecule has 26 heavy (non-hydrogen) atoms. The molecule has 3 heterocycles. The van der Waals surface area contributed by atoms with Gasteiger partial charge < -0.3 is 24.4 Å². The van der Waals surface area contributed by atoms with E-state index in [2.05, 4.69) is 0 Å². The van der Waals surface area contributed by atoms with E-state index < -0.39 is 11.7 Å². The van der Waals surface area contributed by atoms with E-state index in [4.69, 9.17) is 14.6 Å². The number of nitro groups is 1. The molecule has 1 spiro atoms. The summed E-state index contributed by atoms with van der Waals surface area (Å²) in [6, 6.07) is 3.40. The fourth-order valence-corrected chi connectivity index (χ4v) is 4.04. The summed E-state index contributed by atoms with van der Waals surface area (Å²) in [5, 5.41) is 20.7. The van der Waals surface area contributed by atoms with Gasteiger partial charge in [0.2, 0.25) is 0 Å². The number of likely N-dealkylation sites (tertiary alicyclic amines) is 1. The summed E-state index contributed by atoms with van der Waals surface area (Å²) in [5.74, 6) is 0.681. The molecule has 0 aliphatic carbocycles. The van der Waals surface area contributed by atoms with E-state index in [1.807, 2.05) is 4.90 Å². The summed E-state index contributed by atoms with van der Waals surface area (Å²) in [6.07, 6.45) is 0.851. The van der Waals surface area contributed by atoms with Gasteiger partial charge in [-0.15, -0.1) is 0 Å². The Morgan fingerprint density at radius 1 is 1.19 bits per heavy atom. The van der Waals surface area contributed by atoms with E-state index >= 15 is 0 Å². The number of fused-ring (bicyclic) bond motifs is 1. The lowest BCUT2D eigenvalue weighted by Gasteiger charge is -2.37. The minimum atomic E-state index is -0.916. The van der Waals surface area contributed by atoms with E-state index in [9.17, 15) is 14.9 Å². The number of piperidine rings is 1. The van der Waals surface area contributed by atoms with Gasteiger partial charge in [-0.2, -0.15) is 0 Å². The number of hydrogen-bond donors (Lipinski definition) is 1. The number of benzene rings is 1. The van der Waals surface area contributed by atoms with Gasteiger partial charge in [-0.3, -0.25) is 10.1 Å². The van der Waals surface area contributed by atoms with Crippen molar-refractivity contribution >= 4 is 17.5 Å². The Bertz CT molecular complexity index is 738. The van der Waals surface area contributed by atoms with E-state index in [0.29, 0.717) is 70.1 Å². The predicted molar refractivity (Wildman–Crippen MR) is 92.0 cm³/mol. The van der Waals surface area contributed by atoms with Crippen LogP contribution in [0.3, 0.4) is 0 Å². The molecular formula is C17H21N3O6. The Hall–Kier alpha value is -2.55. The van der Waals surface area contributed by atoms with Gasteiger partial charge >= 0.3 is 6.09 Å². The quantitative estimate of drug-likeness (QED) is 0.632. The number of nitro benzene ring substituents is 1. The number of amides is 1. The molecule has 140 valence electrons. The summed E-state index contributed by atoms with van der Waals surface area (Å²) < 4.78 is 11.6. The standard InChI is InChI=1S/C17H21N3O6/c21-16(22)19-3-1-17(2-4-19)11-12-9-14(20(23)24)13(10-15(12)26-17)18-5-7-25-8-6-18/h9-10H,1-8,11H2,(H,21,22). The highest BCUT2D eigenvalue weighted by Gasteiger charge is 2.44. The van der Waals surface area contributed by atoms with Gasteiger partial charge in [-0.05, 0) is 0 Å². The highest BCUT2D eigenvalue weighted by atomic mass is 16.6. The molecule has 4 rings (SSSR count). The summed E-state index contributed by atoms with van der Waals surface area (Å²) in [4.78, 5) is 25.7. The fraction of sp³-hybridized carbons (Fsp3) is 0.588. The molecule has 3 aliphatic rings. The number of nitrogens with zero attached hydrogens (tertiary/aromatic N) is 3. The molecule has 3 aliphatic heterocycles. The van der Waals surface area contributed by atoms with Crippen LogP contribution in [0.25, 0.3) is 0 Å². The van der Waals surface area contributed by atoms with Crippen LogP contribution in [0.2, 0.25) is 0 Å². The average molecular weight is 363 g/mol. The Labute approximate surface area is 150 Å². The smallest absolute Gasteiger partial charge is 0.407 e. The number of anilines is 1. The van der Waals surface area contributed by atoms with Crippen molar-refractivity contribution in [2.24, 2.45) is 0 Å². The zero-order chi connectivity index (χ0) is 18.3. The predicted octanol–water partition coefficient (Wildman–Crippen LogP) is 1.88. The lowest BCUT2D eigenvalue weighted by atomic mass is 9.87. The van der Waals surface area contributed by atoms with Crippen LogP contribution in [0, 0.1) is 10.1 Å². The molecule has 2 fully saturated rings. The van der Waals surface area contributed by atoms with Crippen LogP contribution in [0.4, 0.5) is 16.2 Å². The number of morpholine rings is 1. The first kappa shape index (κ1) is 16.9. The Balaban J connectivity index is 1.60. The summed E-state index contributed by atoms with van der Waals surface area (Å²) in [7, 11) is 0. The van der Waals surface area contributed by atoms with Crippen molar-refractivity contribution in [1.82, 2.24) is 4.90 Å². The Morgan fingerprint density at radius 3 is 2.50 bits per heavy atom. The maximum absolute atomic E-state index is 11.6. The van der Waals surface area contributed by atoms with Gasteiger partial charge in [0, 0.05) is 63.1 Å².